The zero-order valence-electron chi connectivity index (χ0n) is 11.7. The summed E-state index contributed by atoms with van der Waals surface area (Å²) in [5.41, 5.74) is 7.25. The normalized spacial score (nSPS) is 21.2. The Kier molecular flexibility index (Phi) is 4.97. The molecule has 0 radical (unpaired) electrons. The maximum atomic E-state index is 12.2. The highest BCUT2D eigenvalue weighted by Crippen LogP contribution is 2.20. The van der Waals surface area contributed by atoms with Gasteiger partial charge < -0.3 is 10.6 Å². The first kappa shape index (κ1) is 14.1. The molecule has 19 heavy (non-hydrogen) atoms. The van der Waals surface area contributed by atoms with E-state index in [2.05, 4.69) is 6.92 Å². The van der Waals surface area contributed by atoms with Crippen LogP contribution in [0.4, 0.5) is 0 Å². The van der Waals surface area contributed by atoms with Crippen molar-refractivity contribution in [2.45, 2.75) is 51.1 Å². The summed E-state index contributed by atoms with van der Waals surface area (Å²) in [4.78, 5) is 14.2. The van der Waals surface area contributed by atoms with Gasteiger partial charge in [-0.2, -0.15) is 0 Å². The van der Waals surface area contributed by atoms with Gasteiger partial charge in [-0.3, -0.25) is 4.79 Å². The zero-order valence-corrected chi connectivity index (χ0v) is 11.7. The van der Waals surface area contributed by atoms with Gasteiger partial charge >= 0.3 is 0 Å². The predicted molar refractivity (Wildman–Crippen MR) is 77.6 cm³/mol. The van der Waals surface area contributed by atoms with Gasteiger partial charge in [-0.15, -0.1) is 0 Å². The molecule has 1 aliphatic rings. The van der Waals surface area contributed by atoms with Crippen LogP contribution in [0.1, 0.15) is 50.6 Å². The van der Waals surface area contributed by atoms with Crippen LogP contribution < -0.4 is 5.73 Å². The summed E-state index contributed by atoms with van der Waals surface area (Å²) >= 11 is 0. The lowest BCUT2D eigenvalue weighted by Gasteiger charge is -2.33. The second kappa shape index (κ2) is 6.71. The van der Waals surface area contributed by atoms with Crippen molar-refractivity contribution < 1.29 is 4.79 Å². The molecule has 104 valence electrons. The zero-order chi connectivity index (χ0) is 13.7. The highest BCUT2D eigenvalue weighted by Gasteiger charge is 2.23. The monoisotopic (exact) mass is 260 g/mol. The van der Waals surface area contributed by atoms with E-state index in [1.54, 1.807) is 0 Å². The van der Waals surface area contributed by atoms with Crippen LogP contribution in [-0.2, 0) is 4.79 Å². The number of likely N-dealkylation sites (tertiary alicyclic amines) is 1. The van der Waals surface area contributed by atoms with Crippen molar-refractivity contribution >= 4 is 5.91 Å². The minimum atomic E-state index is -0.0368. The Morgan fingerprint density at radius 2 is 2.11 bits per heavy atom. The number of benzene rings is 1. The van der Waals surface area contributed by atoms with E-state index in [0.717, 1.165) is 31.4 Å². The third-order valence-corrected chi connectivity index (χ3v) is 4.02. The number of carbonyl (C=O) groups excluding carboxylic acids is 1. The van der Waals surface area contributed by atoms with Gasteiger partial charge in [0.2, 0.25) is 5.91 Å². The summed E-state index contributed by atoms with van der Waals surface area (Å²) in [6.45, 7) is 3.06. The van der Waals surface area contributed by atoms with Crippen LogP contribution in [0.25, 0.3) is 0 Å². The highest BCUT2D eigenvalue weighted by atomic mass is 16.2. The summed E-state index contributed by atoms with van der Waals surface area (Å²) in [7, 11) is 0. The number of nitrogens with zero attached hydrogens (tertiary/aromatic N) is 1. The molecule has 0 spiro atoms. The van der Waals surface area contributed by atoms with Crippen molar-refractivity contribution in [3.8, 4) is 0 Å². The van der Waals surface area contributed by atoms with Crippen molar-refractivity contribution in [3.63, 3.8) is 0 Å². The molecule has 0 saturated carbocycles. The summed E-state index contributed by atoms with van der Waals surface area (Å²) in [5.74, 6) is 0.263. The summed E-state index contributed by atoms with van der Waals surface area (Å²) in [6, 6.07) is 10.4. The summed E-state index contributed by atoms with van der Waals surface area (Å²) < 4.78 is 0. The maximum absolute atomic E-state index is 12.2. The van der Waals surface area contributed by atoms with E-state index >= 15 is 0 Å². The lowest BCUT2D eigenvalue weighted by atomic mass is 10.00. The van der Waals surface area contributed by atoms with Crippen LogP contribution in [0.3, 0.4) is 0 Å². The van der Waals surface area contributed by atoms with Crippen LogP contribution in [0, 0.1) is 0 Å². The second-order valence-corrected chi connectivity index (χ2v) is 5.49. The Labute approximate surface area is 115 Å². The van der Waals surface area contributed by atoms with Gasteiger partial charge in [-0.25, -0.2) is 0 Å². The lowest BCUT2D eigenvalue weighted by Crippen LogP contribution is -2.42. The Balaban J connectivity index is 1.83. The molecule has 1 amide bonds. The minimum absolute atomic E-state index is 0.0368. The van der Waals surface area contributed by atoms with Gasteiger partial charge in [-0.05, 0) is 38.2 Å². The number of amides is 1. The molecule has 1 aliphatic heterocycles. The van der Waals surface area contributed by atoms with E-state index in [1.807, 2.05) is 35.2 Å². The predicted octanol–water partition coefficient (Wildman–Crippen LogP) is 2.87. The molecular weight excluding hydrogens is 236 g/mol. The number of hydrogen-bond acceptors (Lipinski definition) is 2. The third kappa shape index (κ3) is 3.80. The molecule has 1 heterocycles. The topological polar surface area (TPSA) is 46.3 Å². The first-order chi connectivity index (χ1) is 9.18. The molecule has 0 bridgehead atoms. The molecule has 1 saturated heterocycles. The second-order valence-electron chi connectivity index (χ2n) is 5.49. The van der Waals surface area contributed by atoms with Crippen molar-refractivity contribution in [1.82, 2.24) is 4.90 Å². The molecule has 2 rings (SSSR count). The van der Waals surface area contributed by atoms with Gasteiger partial charge in [0.05, 0.1) is 0 Å². The molecule has 2 atom stereocenters. The fraction of sp³-hybridized carbons (Fsp3) is 0.562. The molecule has 1 aromatic rings. The Hall–Kier alpha value is -1.35. The lowest BCUT2D eigenvalue weighted by molar-refractivity contribution is -0.134. The van der Waals surface area contributed by atoms with E-state index < -0.39 is 0 Å². The van der Waals surface area contributed by atoms with Crippen LogP contribution >= 0.6 is 0 Å². The number of carbonyl (C=O) groups is 1. The molecule has 0 aliphatic carbocycles. The maximum Gasteiger partial charge on any atom is 0.222 e. The molecular formula is C16H24N2O. The third-order valence-electron chi connectivity index (χ3n) is 4.02. The van der Waals surface area contributed by atoms with Crippen LogP contribution in [-0.4, -0.2) is 23.4 Å². The average Bonchev–Trinajstić information content (AvgIpc) is 2.46. The van der Waals surface area contributed by atoms with Crippen molar-refractivity contribution in [2.75, 3.05) is 6.54 Å². The Bertz CT molecular complexity index is 404. The molecule has 2 N–H and O–H groups in total. The summed E-state index contributed by atoms with van der Waals surface area (Å²) in [5, 5.41) is 0. The quantitative estimate of drug-likeness (QED) is 0.904. The van der Waals surface area contributed by atoms with Gasteiger partial charge in [-0.1, -0.05) is 30.3 Å². The number of hydrogen-bond donors (Lipinski definition) is 1. The van der Waals surface area contributed by atoms with Gasteiger partial charge in [0, 0.05) is 25.0 Å². The molecule has 3 heteroatoms. The fourth-order valence-corrected chi connectivity index (χ4v) is 2.76. The van der Waals surface area contributed by atoms with E-state index in [1.165, 1.54) is 6.42 Å². The van der Waals surface area contributed by atoms with Gasteiger partial charge in [0.1, 0.15) is 0 Å². The average molecular weight is 260 g/mol. The van der Waals surface area contributed by atoms with Crippen molar-refractivity contribution in [3.05, 3.63) is 35.9 Å². The minimum Gasteiger partial charge on any atom is -0.340 e. The van der Waals surface area contributed by atoms with E-state index in [-0.39, 0.29) is 11.9 Å². The molecule has 0 aromatic heterocycles. The Morgan fingerprint density at radius 3 is 2.79 bits per heavy atom. The number of piperidine rings is 1. The standard InChI is InChI=1S/C16H24N2O/c1-13-7-5-6-12-18(13)16(19)11-10-15(17)14-8-3-2-4-9-14/h2-4,8-9,13,15H,5-7,10-12,17H2,1H3. The van der Waals surface area contributed by atoms with Crippen LogP contribution in [0.5, 0.6) is 0 Å². The molecule has 1 fully saturated rings. The number of nitrogens with two attached hydrogens (primary N) is 1. The molecule has 2 unspecified atom stereocenters. The van der Waals surface area contributed by atoms with Gasteiger partial charge in [0.25, 0.3) is 0 Å². The van der Waals surface area contributed by atoms with Crippen LogP contribution in [0.2, 0.25) is 0 Å². The first-order valence-electron chi connectivity index (χ1n) is 7.28. The van der Waals surface area contributed by atoms with Crippen LogP contribution in [0.15, 0.2) is 30.3 Å². The first-order valence-corrected chi connectivity index (χ1v) is 7.28. The smallest absolute Gasteiger partial charge is 0.222 e. The summed E-state index contributed by atoms with van der Waals surface area (Å²) in [6.07, 6.45) is 4.80. The fourth-order valence-electron chi connectivity index (χ4n) is 2.76. The number of rotatable bonds is 4. The SMILES string of the molecule is CC1CCCCN1C(=O)CCC(N)c1ccccc1. The molecule has 3 nitrogen and oxygen atoms in total. The van der Waals surface area contributed by atoms with Crippen molar-refractivity contribution in [2.24, 2.45) is 5.73 Å². The Morgan fingerprint density at radius 1 is 1.37 bits per heavy atom. The highest BCUT2D eigenvalue weighted by molar-refractivity contribution is 5.76. The molecule has 1 aromatic carbocycles. The van der Waals surface area contributed by atoms with Crippen molar-refractivity contribution in [1.29, 1.82) is 0 Å². The largest absolute Gasteiger partial charge is 0.340 e. The van der Waals surface area contributed by atoms with E-state index in [0.29, 0.717) is 12.5 Å². The van der Waals surface area contributed by atoms with Gasteiger partial charge in [0.15, 0.2) is 0 Å². The van der Waals surface area contributed by atoms with E-state index in [4.69, 9.17) is 5.73 Å². The van der Waals surface area contributed by atoms with E-state index in [9.17, 15) is 4.79 Å².